The summed E-state index contributed by atoms with van der Waals surface area (Å²) in [5, 5.41) is 8.50. The van der Waals surface area contributed by atoms with E-state index >= 15 is 0 Å². The Kier molecular flexibility index (Phi) is 3.17. The minimum atomic E-state index is 0.691. The van der Waals surface area contributed by atoms with E-state index in [1.54, 1.807) is 0 Å². The molecule has 0 heterocycles. The second kappa shape index (κ2) is 4.58. The molecule has 0 radical (unpaired) electrons. The summed E-state index contributed by atoms with van der Waals surface area (Å²) in [5.74, 6) is 0. The van der Waals surface area contributed by atoms with E-state index in [-0.39, 0.29) is 0 Å². The summed E-state index contributed by atoms with van der Waals surface area (Å²) in [6.45, 7) is 0. The Labute approximate surface area is 94.5 Å². The van der Waals surface area contributed by atoms with Crippen LogP contribution in [0.1, 0.15) is 25.7 Å². The fourth-order valence-corrected chi connectivity index (χ4v) is 1.81. The number of halogens is 1. The van der Waals surface area contributed by atoms with Crippen LogP contribution in [0.2, 0.25) is 5.02 Å². The van der Waals surface area contributed by atoms with Gasteiger partial charge in [-0.05, 0) is 49.9 Å². The van der Waals surface area contributed by atoms with E-state index in [2.05, 4.69) is 4.99 Å². The molecule has 0 aromatic heterocycles. The van der Waals surface area contributed by atoms with E-state index in [4.69, 9.17) is 17.0 Å². The first kappa shape index (κ1) is 10.4. The number of nitrogens with zero attached hydrogens (tertiary/aromatic N) is 1. The van der Waals surface area contributed by atoms with Gasteiger partial charge in [0.1, 0.15) is 0 Å². The van der Waals surface area contributed by atoms with Gasteiger partial charge in [0.25, 0.3) is 0 Å². The fourth-order valence-electron chi connectivity index (χ4n) is 1.68. The van der Waals surface area contributed by atoms with Crippen LogP contribution >= 0.6 is 11.6 Å². The van der Waals surface area contributed by atoms with Crippen LogP contribution in [0.4, 0.5) is 5.69 Å². The van der Waals surface area contributed by atoms with E-state index in [1.807, 2.05) is 24.3 Å². The van der Waals surface area contributed by atoms with Crippen LogP contribution < -0.4 is 0 Å². The Balaban J connectivity index is 2.21. The van der Waals surface area contributed by atoms with Crippen LogP contribution in [-0.2, 0) is 0 Å². The zero-order chi connectivity index (χ0) is 10.7. The zero-order valence-electron chi connectivity index (χ0n) is 8.46. The molecule has 2 nitrogen and oxygen atoms in total. The molecule has 15 heavy (non-hydrogen) atoms. The summed E-state index contributed by atoms with van der Waals surface area (Å²) in [4.78, 5) is 4.47. The summed E-state index contributed by atoms with van der Waals surface area (Å²) in [7, 11) is 0. The van der Waals surface area contributed by atoms with Gasteiger partial charge in [0.2, 0.25) is 0 Å². The van der Waals surface area contributed by atoms with E-state index in [0.717, 1.165) is 42.1 Å². The molecular formula is C12H13ClN2. The van der Waals surface area contributed by atoms with Crippen LogP contribution in [0, 0.1) is 5.41 Å². The van der Waals surface area contributed by atoms with Crippen molar-refractivity contribution in [3.8, 4) is 0 Å². The van der Waals surface area contributed by atoms with Crippen molar-refractivity contribution in [2.45, 2.75) is 25.7 Å². The third-order valence-corrected chi connectivity index (χ3v) is 2.78. The normalized spacial score (nSPS) is 19.5. The predicted molar refractivity (Wildman–Crippen MR) is 64.7 cm³/mol. The Bertz CT molecular complexity index is 393. The lowest BCUT2D eigenvalue weighted by molar-refractivity contribution is 0.774. The second-order valence-electron chi connectivity index (χ2n) is 3.72. The molecular weight excluding hydrogens is 208 g/mol. The average Bonchev–Trinajstić information content (AvgIpc) is 2.25. The predicted octanol–water partition coefficient (Wildman–Crippen LogP) is 4.01. The van der Waals surface area contributed by atoms with Gasteiger partial charge in [-0.1, -0.05) is 11.6 Å². The summed E-state index contributed by atoms with van der Waals surface area (Å²) < 4.78 is 0. The number of hydrogen-bond acceptors (Lipinski definition) is 2. The van der Waals surface area contributed by atoms with Gasteiger partial charge in [-0.15, -0.1) is 0 Å². The lowest BCUT2D eigenvalue weighted by atomic mass is 9.96. The summed E-state index contributed by atoms with van der Waals surface area (Å²) in [5.41, 5.74) is 2.51. The highest BCUT2D eigenvalue weighted by Crippen LogP contribution is 2.20. The summed E-state index contributed by atoms with van der Waals surface area (Å²) in [6, 6.07) is 7.43. The third kappa shape index (κ3) is 2.66. The molecule has 1 saturated carbocycles. The van der Waals surface area contributed by atoms with Crippen molar-refractivity contribution in [2.24, 2.45) is 4.99 Å². The monoisotopic (exact) mass is 220 g/mol. The first-order valence-corrected chi connectivity index (χ1v) is 5.54. The second-order valence-corrected chi connectivity index (χ2v) is 4.16. The number of hydrogen-bond donors (Lipinski definition) is 1. The molecule has 0 unspecified atom stereocenters. The van der Waals surface area contributed by atoms with Gasteiger partial charge in [0, 0.05) is 5.02 Å². The molecule has 1 N–H and O–H groups in total. The first-order valence-electron chi connectivity index (χ1n) is 5.16. The van der Waals surface area contributed by atoms with Crippen molar-refractivity contribution in [3.63, 3.8) is 0 Å². The van der Waals surface area contributed by atoms with Crippen molar-refractivity contribution in [3.05, 3.63) is 29.3 Å². The molecule has 1 aromatic rings. The minimum Gasteiger partial charge on any atom is -0.303 e. The van der Waals surface area contributed by atoms with Crippen LogP contribution in [0.3, 0.4) is 0 Å². The lowest BCUT2D eigenvalue weighted by Gasteiger charge is -2.13. The van der Waals surface area contributed by atoms with E-state index in [0.29, 0.717) is 5.71 Å². The minimum absolute atomic E-state index is 0.691. The van der Waals surface area contributed by atoms with Crippen LogP contribution in [0.5, 0.6) is 0 Å². The molecule has 3 heteroatoms. The largest absolute Gasteiger partial charge is 0.303 e. The van der Waals surface area contributed by atoms with Gasteiger partial charge in [0.05, 0.1) is 17.1 Å². The van der Waals surface area contributed by atoms with Gasteiger partial charge in [-0.25, -0.2) is 0 Å². The Morgan fingerprint density at radius 3 is 2.40 bits per heavy atom. The van der Waals surface area contributed by atoms with Crippen LogP contribution in [0.15, 0.2) is 29.3 Å². The van der Waals surface area contributed by atoms with Crippen molar-refractivity contribution in [1.82, 2.24) is 0 Å². The van der Waals surface area contributed by atoms with Gasteiger partial charge in [-0.2, -0.15) is 0 Å². The molecule has 1 fully saturated rings. The average molecular weight is 221 g/mol. The molecule has 1 aliphatic rings. The number of rotatable bonds is 1. The third-order valence-electron chi connectivity index (χ3n) is 2.53. The smallest absolute Gasteiger partial charge is 0.0634 e. The van der Waals surface area contributed by atoms with Crippen molar-refractivity contribution >= 4 is 28.7 Å². The highest BCUT2D eigenvalue weighted by molar-refractivity contribution is 6.42. The highest BCUT2D eigenvalue weighted by Gasteiger charge is 2.12. The van der Waals surface area contributed by atoms with Crippen molar-refractivity contribution in [1.29, 1.82) is 5.41 Å². The topological polar surface area (TPSA) is 36.2 Å². The quantitative estimate of drug-likeness (QED) is 0.743. The van der Waals surface area contributed by atoms with Crippen LogP contribution in [0.25, 0.3) is 0 Å². The van der Waals surface area contributed by atoms with Crippen molar-refractivity contribution < 1.29 is 0 Å². The Morgan fingerprint density at radius 2 is 1.73 bits per heavy atom. The standard InChI is InChI=1S/C12H13ClN2/c13-9-5-7-10(8-6-9)15-12-4-2-1-3-11(12)14/h5-8,14H,1-4H2. The van der Waals surface area contributed by atoms with Gasteiger partial charge < -0.3 is 5.41 Å². The SMILES string of the molecule is N=C1CCCCC1=Nc1ccc(Cl)cc1. The maximum Gasteiger partial charge on any atom is 0.0634 e. The van der Waals surface area contributed by atoms with Gasteiger partial charge >= 0.3 is 0 Å². The molecule has 78 valence electrons. The highest BCUT2D eigenvalue weighted by atomic mass is 35.5. The van der Waals surface area contributed by atoms with Gasteiger partial charge in [0.15, 0.2) is 0 Å². The lowest BCUT2D eigenvalue weighted by Crippen LogP contribution is -2.17. The molecule has 0 atom stereocenters. The molecule has 1 aliphatic carbocycles. The van der Waals surface area contributed by atoms with E-state index in [1.165, 1.54) is 0 Å². The molecule has 0 amide bonds. The maximum atomic E-state index is 7.78. The molecule has 0 aliphatic heterocycles. The maximum absolute atomic E-state index is 7.78. The zero-order valence-corrected chi connectivity index (χ0v) is 9.22. The molecule has 1 aromatic carbocycles. The summed E-state index contributed by atoms with van der Waals surface area (Å²) >= 11 is 5.79. The molecule has 0 spiro atoms. The summed E-state index contributed by atoms with van der Waals surface area (Å²) in [6.07, 6.45) is 4.07. The van der Waals surface area contributed by atoms with Gasteiger partial charge in [-0.3, -0.25) is 4.99 Å². The number of aliphatic imine (C=N–C) groups is 1. The number of nitrogens with one attached hydrogen (secondary N) is 1. The molecule has 2 rings (SSSR count). The molecule has 0 bridgehead atoms. The first-order chi connectivity index (χ1) is 7.25. The van der Waals surface area contributed by atoms with E-state index in [9.17, 15) is 0 Å². The fraction of sp³-hybridized carbons (Fsp3) is 0.333. The number of benzene rings is 1. The Morgan fingerprint density at radius 1 is 1.07 bits per heavy atom. The van der Waals surface area contributed by atoms with Crippen LogP contribution in [-0.4, -0.2) is 11.4 Å². The molecule has 0 saturated heterocycles. The Hall–Kier alpha value is -1.15. The van der Waals surface area contributed by atoms with Crippen molar-refractivity contribution in [2.75, 3.05) is 0 Å². The van der Waals surface area contributed by atoms with E-state index < -0.39 is 0 Å².